The number of H-pyrrole nitrogens is 1. The SMILES string of the molecule is Cc1ccccc1C1(C(=O)N2CCC(c3cc(=O)[nH]c(N)n3)C2)CC1. The number of nitrogen functional groups attached to an aromatic ring is 1. The molecule has 3 N–H and O–H groups in total. The van der Waals surface area contributed by atoms with Gasteiger partial charge in [0, 0.05) is 25.1 Å². The van der Waals surface area contributed by atoms with E-state index in [2.05, 4.69) is 29.0 Å². The standard InChI is InChI=1S/C19H22N4O2/c1-12-4-2-3-5-14(12)19(7-8-19)17(25)23-9-6-13(11-23)15-10-16(24)22-18(20)21-15/h2-5,10,13H,6-9,11H2,1H3,(H3,20,21,22,24). The van der Waals surface area contributed by atoms with E-state index < -0.39 is 0 Å². The lowest BCUT2D eigenvalue weighted by atomic mass is 9.90. The van der Waals surface area contributed by atoms with E-state index in [4.69, 9.17) is 5.73 Å². The van der Waals surface area contributed by atoms with Crippen LogP contribution >= 0.6 is 0 Å². The Morgan fingerprint density at radius 3 is 2.80 bits per heavy atom. The van der Waals surface area contributed by atoms with Gasteiger partial charge in [-0.1, -0.05) is 24.3 Å². The molecule has 0 spiro atoms. The molecule has 1 saturated carbocycles. The zero-order valence-corrected chi connectivity index (χ0v) is 14.3. The molecule has 25 heavy (non-hydrogen) atoms. The Labute approximate surface area is 146 Å². The van der Waals surface area contributed by atoms with E-state index in [1.807, 2.05) is 17.0 Å². The molecule has 1 aliphatic carbocycles. The number of aryl methyl sites for hydroxylation is 1. The van der Waals surface area contributed by atoms with Gasteiger partial charge in [-0.05, 0) is 37.3 Å². The Balaban J connectivity index is 1.55. The van der Waals surface area contributed by atoms with Gasteiger partial charge in [0.15, 0.2) is 0 Å². The Morgan fingerprint density at radius 2 is 2.12 bits per heavy atom. The Bertz CT molecular complexity index is 885. The minimum absolute atomic E-state index is 0.0706. The molecule has 0 bridgehead atoms. The highest BCUT2D eigenvalue weighted by Crippen LogP contribution is 2.51. The largest absolute Gasteiger partial charge is 0.369 e. The third kappa shape index (κ3) is 2.71. The summed E-state index contributed by atoms with van der Waals surface area (Å²) in [6.45, 7) is 3.37. The molecule has 1 amide bonds. The molecule has 1 saturated heterocycles. The molecule has 2 fully saturated rings. The van der Waals surface area contributed by atoms with E-state index in [1.165, 1.54) is 11.6 Å². The third-order valence-electron chi connectivity index (χ3n) is 5.49. The topological polar surface area (TPSA) is 92.1 Å². The van der Waals surface area contributed by atoms with Crippen LogP contribution in [0.15, 0.2) is 35.1 Å². The molecule has 4 rings (SSSR count). The monoisotopic (exact) mass is 338 g/mol. The smallest absolute Gasteiger partial charge is 0.252 e. The first-order valence-electron chi connectivity index (χ1n) is 8.72. The molecule has 6 nitrogen and oxygen atoms in total. The van der Waals surface area contributed by atoms with Crippen molar-refractivity contribution in [2.75, 3.05) is 18.8 Å². The zero-order valence-electron chi connectivity index (χ0n) is 14.3. The molecular weight excluding hydrogens is 316 g/mol. The van der Waals surface area contributed by atoms with Crippen LogP contribution in [0.25, 0.3) is 0 Å². The molecule has 0 radical (unpaired) electrons. The molecule has 1 unspecified atom stereocenters. The summed E-state index contributed by atoms with van der Waals surface area (Å²) >= 11 is 0. The number of aromatic amines is 1. The number of benzene rings is 1. The van der Waals surface area contributed by atoms with E-state index in [9.17, 15) is 9.59 Å². The fourth-order valence-corrected chi connectivity index (χ4v) is 4.03. The third-order valence-corrected chi connectivity index (χ3v) is 5.49. The van der Waals surface area contributed by atoms with Crippen LogP contribution in [0.4, 0.5) is 5.95 Å². The summed E-state index contributed by atoms with van der Waals surface area (Å²) in [5.74, 6) is 0.411. The van der Waals surface area contributed by atoms with Gasteiger partial charge in [0.1, 0.15) is 0 Å². The van der Waals surface area contributed by atoms with E-state index in [-0.39, 0.29) is 28.7 Å². The molecule has 1 aromatic heterocycles. The van der Waals surface area contributed by atoms with Crippen molar-refractivity contribution in [1.29, 1.82) is 0 Å². The number of nitrogens with zero attached hydrogens (tertiary/aromatic N) is 2. The zero-order chi connectivity index (χ0) is 17.6. The molecule has 2 heterocycles. The highest BCUT2D eigenvalue weighted by molar-refractivity contribution is 5.92. The maximum Gasteiger partial charge on any atom is 0.252 e. The second kappa shape index (κ2) is 5.72. The summed E-state index contributed by atoms with van der Waals surface area (Å²) in [5, 5.41) is 0. The van der Waals surface area contributed by atoms with Gasteiger partial charge in [-0.2, -0.15) is 0 Å². The number of anilines is 1. The van der Waals surface area contributed by atoms with Gasteiger partial charge in [-0.25, -0.2) is 4.98 Å². The minimum Gasteiger partial charge on any atom is -0.369 e. The van der Waals surface area contributed by atoms with Gasteiger partial charge >= 0.3 is 0 Å². The van der Waals surface area contributed by atoms with E-state index in [0.717, 1.165) is 24.8 Å². The van der Waals surface area contributed by atoms with Gasteiger partial charge in [-0.15, -0.1) is 0 Å². The molecule has 1 aromatic carbocycles. The summed E-state index contributed by atoms with van der Waals surface area (Å²) in [7, 11) is 0. The number of nitrogens with one attached hydrogen (secondary N) is 1. The summed E-state index contributed by atoms with van der Waals surface area (Å²) in [4.78, 5) is 33.5. The lowest BCUT2D eigenvalue weighted by Gasteiger charge is -2.24. The molecule has 1 aliphatic heterocycles. The van der Waals surface area contributed by atoms with Crippen LogP contribution in [0.1, 0.15) is 42.0 Å². The average molecular weight is 338 g/mol. The van der Waals surface area contributed by atoms with Crippen molar-refractivity contribution in [3.05, 3.63) is 57.5 Å². The summed E-state index contributed by atoms with van der Waals surface area (Å²) in [6, 6.07) is 9.65. The first kappa shape index (κ1) is 15.9. The molecule has 1 atom stereocenters. The van der Waals surface area contributed by atoms with Crippen molar-refractivity contribution in [2.24, 2.45) is 0 Å². The minimum atomic E-state index is -0.346. The Kier molecular flexibility index (Phi) is 3.63. The van der Waals surface area contributed by atoms with Crippen LogP contribution in [0.2, 0.25) is 0 Å². The summed E-state index contributed by atoms with van der Waals surface area (Å²) in [5.41, 5.74) is 8.06. The molecular formula is C19H22N4O2. The second-order valence-corrected chi connectivity index (χ2v) is 7.19. The number of likely N-dealkylation sites (tertiary alicyclic amines) is 1. The Morgan fingerprint density at radius 1 is 1.36 bits per heavy atom. The predicted molar refractivity (Wildman–Crippen MR) is 95.3 cm³/mol. The lowest BCUT2D eigenvalue weighted by Crippen LogP contribution is -2.38. The number of nitrogens with two attached hydrogens (primary N) is 1. The predicted octanol–water partition coefficient (Wildman–Crippen LogP) is 1.71. The van der Waals surface area contributed by atoms with Crippen molar-refractivity contribution in [1.82, 2.24) is 14.9 Å². The molecule has 2 aliphatic rings. The van der Waals surface area contributed by atoms with Crippen molar-refractivity contribution in [3.63, 3.8) is 0 Å². The quantitative estimate of drug-likeness (QED) is 0.891. The fourth-order valence-electron chi connectivity index (χ4n) is 4.03. The first-order valence-corrected chi connectivity index (χ1v) is 8.72. The van der Waals surface area contributed by atoms with Crippen molar-refractivity contribution in [2.45, 2.75) is 37.5 Å². The second-order valence-electron chi connectivity index (χ2n) is 7.19. The first-order chi connectivity index (χ1) is 12.0. The number of hydrogen-bond donors (Lipinski definition) is 2. The maximum atomic E-state index is 13.2. The van der Waals surface area contributed by atoms with Crippen LogP contribution in [-0.2, 0) is 10.2 Å². The van der Waals surface area contributed by atoms with Crippen molar-refractivity contribution < 1.29 is 4.79 Å². The highest BCUT2D eigenvalue weighted by Gasteiger charge is 2.54. The van der Waals surface area contributed by atoms with Gasteiger partial charge in [0.25, 0.3) is 5.56 Å². The van der Waals surface area contributed by atoms with Crippen molar-refractivity contribution >= 4 is 11.9 Å². The van der Waals surface area contributed by atoms with Crippen LogP contribution < -0.4 is 11.3 Å². The summed E-state index contributed by atoms with van der Waals surface area (Å²) in [6.07, 6.45) is 2.63. The van der Waals surface area contributed by atoms with Crippen LogP contribution in [-0.4, -0.2) is 33.9 Å². The number of carbonyl (C=O) groups is 1. The normalized spacial score (nSPS) is 21.3. The lowest BCUT2D eigenvalue weighted by molar-refractivity contribution is -0.132. The molecule has 130 valence electrons. The summed E-state index contributed by atoms with van der Waals surface area (Å²) < 4.78 is 0. The average Bonchev–Trinajstić information content (AvgIpc) is 3.22. The van der Waals surface area contributed by atoms with Crippen molar-refractivity contribution in [3.8, 4) is 0 Å². The van der Waals surface area contributed by atoms with Gasteiger partial charge < -0.3 is 10.6 Å². The Hall–Kier alpha value is -2.63. The van der Waals surface area contributed by atoms with Gasteiger partial charge in [0.05, 0.1) is 11.1 Å². The maximum absolute atomic E-state index is 13.2. The van der Waals surface area contributed by atoms with Crippen LogP contribution in [0.3, 0.4) is 0 Å². The number of rotatable bonds is 3. The van der Waals surface area contributed by atoms with E-state index >= 15 is 0 Å². The molecule has 6 heteroatoms. The molecule has 2 aromatic rings. The van der Waals surface area contributed by atoms with E-state index in [1.54, 1.807) is 0 Å². The highest BCUT2D eigenvalue weighted by atomic mass is 16.2. The number of amides is 1. The number of hydrogen-bond acceptors (Lipinski definition) is 4. The van der Waals surface area contributed by atoms with Crippen LogP contribution in [0, 0.1) is 6.92 Å². The van der Waals surface area contributed by atoms with Gasteiger partial charge in [-0.3, -0.25) is 14.6 Å². The van der Waals surface area contributed by atoms with Crippen LogP contribution in [0.5, 0.6) is 0 Å². The number of aromatic nitrogens is 2. The van der Waals surface area contributed by atoms with Gasteiger partial charge in [0.2, 0.25) is 11.9 Å². The van der Waals surface area contributed by atoms with E-state index in [0.29, 0.717) is 18.8 Å². The number of carbonyl (C=O) groups excluding carboxylic acids is 1. The fraction of sp³-hybridized carbons (Fsp3) is 0.421.